The van der Waals surface area contributed by atoms with E-state index >= 15 is 0 Å². The van der Waals surface area contributed by atoms with Crippen LogP contribution in [0.3, 0.4) is 0 Å². The maximum atomic E-state index is 8.53. The molecule has 1 atom stereocenters. The number of aliphatic hydroxyl groups is 1. The first-order chi connectivity index (χ1) is 5.31. The summed E-state index contributed by atoms with van der Waals surface area (Å²) in [4.78, 5) is 0. The molecular formula is C9H19IO. The fraction of sp³-hybridized carbons (Fsp3) is 1.00. The second-order valence-electron chi connectivity index (χ2n) is 3.16. The summed E-state index contributed by atoms with van der Waals surface area (Å²) in [5.74, 6) is 0.880. The Morgan fingerprint density at radius 1 is 1.18 bits per heavy atom. The van der Waals surface area contributed by atoms with Crippen molar-refractivity contribution >= 4 is 22.6 Å². The van der Waals surface area contributed by atoms with Crippen LogP contribution in [0.25, 0.3) is 0 Å². The highest BCUT2D eigenvalue weighted by Gasteiger charge is 1.99. The Labute approximate surface area is 83.7 Å². The summed E-state index contributed by atoms with van der Waals surface area (Å²) in [6, 6.07) is 0. The van der Waals surface area contributed by atoms with E-state index in [1.54, 1.807) is 0 Å². The van der Waals surface area contributed by atoms with Crippen LogP contribution in [-0.4, -0.2) is 16.1 Å². The topological polar surface area (TPSA) is 20.2 Å². The second kappa shape index (κ2) is 8.78. The summed E-state index contributed by atoms with van der Waals surface area (Å²) in [7, 11) is 0. The van der Waals surface area contributed by atoms with E-state index in [4.69, 9.17) is 5.11 Å². The molecule has 0 bridgehead atoms. The lowest BCUT2D eigenvalue weighted by Crippen LogP contribution is -1.95. The lowest BCUT2D eigenvalue weighted by Gasteiger charge is -2.07. The Hall–Kier alpha value is 0.690. The molecule has 0 aromatic rings. The van der Waals surface area contributed by atoms with Crippen LogP contribution in [0.15, 0.2) is 0 Å². The predicted octanol–water partition coefficient (Wildman–Crippen LogP) is 3.00. The van der Waals surface area contributed by atoms with E-state index in [2.05, 4.69) is 29.5 Å². The third-order valence-corrected chi connectivity index (χ3v) is 2.58. The van der Waals surface area contributed by atoms with E-state index in [9.17, 15) is 0 Å². The Morgan fingerprint density at radius 2 is 1.91 bits per heavy atom. The van der Waals surface area contributed by atoms with Crippen molar-refractivity contribution < 1.29 is 5.11 Å². The maximum absolute atomic E-state index is 8.53. The average Bonchev–Trinajstić information content (AvgIpc) is 1.99. The molecule has 0 fully saturated rings. The van der Waals surface area contributed by atoms with E-state index in [1.165, 1.54) is 30.1 Å². The van der Waals surface area contributed by atoms with Gasteiger partial charge in [0.25, 0.3) is 0 Å². The zero-order valence-corrected chi connectivity index (χ0v) is 9.51. The van der Waals surface area contributed by atoms with Crippen LogP contribution >= 0.6 is 22.6 Å². The number of halogens is 1. The lowest BCUT2D eigenvalue weighted by atomic mass is 10.0. The minimum absolute atomic E-state index is 0.362. The molecule has 0 aliphatic heterocycles. The van der Waals surface area contributed by atoms with Gasteiger partial charge < -0.3 is 5.11 Å². The van der Waals surface area contributed by atoms with E-state index in [1.807, 2.05) is 0 Å². The minimum Gasteiger partial charge on any atom is -0.396 e. The minimum atomic E-state index is 0.362. The highest BCUT2D eigenvalue weighted by molar-refractivity contribution is 14.1. The molecule has 0 unspecified atom stereocenters. The summed E-state index contributed by atoms with van der Waals surface area (Å²) < 4.78 is 1.28. The van der Waals surface area contributed by atoms with E-state index < -0.39 is 0 Å². The van der Waals surface area contributed by atoms with Crippen LogP contribution in [0.4, 0.5) is 0 Å². The van der Waals surface area contributed by atoms with Crippen LogP contribution in [-0.2, 0) is 0 Å². The zero-order valence-electron chi connectivity index (χ0n) is 7.35. The molecule has 0 amide bonds. The highest BCUT2D eigenvalue weighted by Crippen LogP contribution is 2.13. The van der Waals surface area contributed by atoms with Crippen molar-refractivity contribution in [3.63, 3.8) is 0 Å². The summed E-state index contributed by atoms with van der Waals surface area (Å²) in [6.07, 6.45) is 6.15. The van der Waals surface area contributed by atoms with Gasteiger partial charge in [-0.25, -0.2) is 0 Å². The van der Waals surface area contributed by atoms with Crippen LogP contribution in [0.1, 0.15) is 39.0 Å². The summed E-state index contributed by atoms with van der Waals surface area (Å²) in [5, 5.41) is 8.53. The number of aliphatic hydroxyl groups excluding tert-OH is 1. The van der Waals surface area contributed by atoms with E-state index in [0.29, 0.717) is 6.61 Å². The molecule has 0 aromatic carbocycles. The van der Waals surface area contributed by atoms with Gasteiger partial charge in [0.15, 0.2) is 0 Å². The van der Waals surface area contributed by atoms with Gasteiger partial charge in [-0.15, -0.1) is 0 Å². The SMILES string of the molecule is C[C@@H](CCI)CCCCCO. The molecule has 0 rings (SSSR count). The van der Waals surface area contributed by atoms with Gasteiger partial charge in [0.2, 0.25) is 0 Å². The van der Waals surface area contributed by atoms with Gasteiger partial charge in [-0.2, -0.15) is 0 Å². The molecule has 0 saturated heterocycles. The number of alkyl halides is 1. The van der Waals surface area contributed by atoms with Gasteiger partial charge in [-0.05, 0) is 23.2 Å². The molecule has 0 heterocycles. The fourth-order valence-corrected chi connectivity index (χ4v) is 2.18. The molecule has 0 aliphatic rings. The molecular weight excluding hydrogens is 251 g/mol. The molecule has 0 spiro atoms. The first-order valence-electron chi connectivity index (χ1n) is 4.48. The Kier molecular flexibility index (Phi) is 9.33. The van der Waals surface area contributed by atoms with Crippen molar-refractivity contribution in [1.82, 2.24) is 0 Å². The number of unbranched alkanes of at least 4 members (excludes halogenated alkanes) is 2. The smallest absolute Gasteiger partial charge is 0.0431 e. The fourth-order valence-electron chi connectivity index (χ4n) is 1.11. The Bertz CT molecular complexity index is 76.0. The molecule has 2 heteroatoms. The van der Waals surface area contributed by atoms with Gasteiger partial charge >= 0.3 is 0 Å². The van der Waals surface area contributed by atoms with E-state index in [0.717, 1.165) is 12.3 Å². The van der Waals surface area contributed by atoms with Crippen molar-refractivity contribution in [2.75, 3.05) is 11.0 Å². The third-order valence-electron chi connectivity index (χ3n) is 1.96. The molecule has 0 radical (unpaired) electrons. The standard InChI is InChI=1S/C9H19IO/c1-9(6-7-10)5-3-2-4-8-11/h9,11H,2-8H2,1H3/t9-/m1/s1. The normalized spacial score (nSPS) is 13.4. The van der Waals surface area contributed by atoms with Gasteiger partial charge in [0, 0.05) is 6.61 Å². The number of hydrogen-bond donors (Lipinski definition) is 1. The van der Waals surface area contributed by atoms with Crippen molar-refractivity contribution in [3.8, 4) is 0 Å². The summed E-state index contributed by atoms with van der Waals surface area (Å²) in [5.41, 5.74) is 0. The molecule has 1 N–H and O–H groups in total. The van der Waals surface area contributed by atoms with Crippen molar-refractivity contribution in [2.45, 2.75) is 39.0 Å². The van der Waals surface area contributed by atoms with Crippen LogP contribution < -0.4 is 0 Å². The van der Waals surface area contributed by atoms with Crippen molar-refractivity contribution in [3.05, 3.63) is 0 Å². The van der Waals surface area contributed by atoms with Gasteiger partial charge in [0.1, 0.15) is 0 Å². The summed E-state index contributed by atoms with van der Waals surface area (Å²) in [6.45, 7) is 2.68. The van der Waals surface area contributed by atoms with Crippen molar-refractivity contribution in [2.24, 2.45) is 5.92 Å². The molecule has 68 valence electrons. The Balaban J connectivity index is 2.97. The first-order valence-corrected chi connectivity index (χ1v) is 6.00. The molecule has 0 saturated carbocycles. The lowest BCUT2D eigenvalue weighted by molar-refractivity contribution is 0.280. The first kappa shape index (κ1) is 11.7. The van der Waals surface area contributed by atoms with Gasteiger partial charge in [-0.3, -0.25) is 0 Å². The van der Waals surface area contributed by atoms with Crippen LogP contribution in [0.2, 0.25) is 0 Å². The predicted molar refractivity (Wildman–Crippen MR) is 58.2 cm³/mol. The largest absolute Gasteiger partial charge is 0.396 e. The molecule has 0 aromatic heterocycles. The number of rotatable bonds is 7. The monoisotopic (exact) mass is 270 g/mol. The maximum Gasteiger partial charge on any atom is 0.0431 e. The van der Waals surface area contributed by atoms with Gasteiger partial charge in [0.05, 0.1) is 0 Å². The zero-order chi connectivity index (χ0) is 8.53. The highest BCUT2D eigenvalue weighted by atomic mass is 127. The average molecular weight is 270 g/mol. The molecule has 0 aliphatic carbocycles. The van der Waals surface area contributed by atoms with Crippen LogP contribution in [0, 0.1) is 5.92 Å². The van der Waals surface area contributed by atoms with E-state index in [-0.39, 0.29) is 0 Å². The molecule has 11 heavy (non-hydrogen) atoms. The summed E-state index contributed by atoms with van der Waals surface area (Å²) >= 11 is 2.43. The quantitative estimate of drug-likeness (QED) is 0.428. The Morgan fingerprint density at radius 3 is 2.45 bits per heavy atom. The van der Waals surface area contributed by atoms with Gasteiger partial charge in [-0.1, -0.05) is 48.8 Å². The second-order valence-corrected chi connectivity index (χ2v) is 4.23. The van der Waals surface area contributed by atoms with Crippen LogP contribution in [0.5, 0.6) is 0 Å². The third kappa shape index (κ3) is 8.60. The molecule has 1 nitrogen and oxygen atoms in total. The number of hydrogen-bond acceptors (Lipinski definition) is 1. The van der Waals surface area contributed by atoms with Crippen molar-refractivity contribution in [1.29, 1.82) is 0 Å².